The summed E-state index contributed by atoms with van der Waals surface area (Å²) < 4.78 is 24.9. The third-order valence-corrected chi connectivity index (χ3v) is 3.15. The molecule has 108 valence electrons. The molecule has 1 saturated carbocycles. The molecule has 1 fully saturated rings. The minimum atomic E-state index is -2.54. The number of non-ortho nitro benzene ring substituents is 1. The van der Waals surface area contributed by atoms with E-state index < -0.39 is 17.9 Å². The van der Waals surface area contributed by atoms with Crippen molar-refractivity contribution in [3.63, 3.8) is 0 Å². The molecule has 0 aromatic heterocycles. The molecule has 1 aliphatic rings. The summed E-state index contributed by atoms with van der Waals surface area (Å²) in [6, 6.07) is 5.48. The highest BCUT2D eigenvalue weighted by molar-refractivity contribution is 5.79. The van der Waals surface area contributed by atoms with Gasteiger partial charge >= 0.3 is 0 Å². The first-order valence-electron chi connectivity index (χ1n) is 6.28. The molecule has 0 bridgehead atoms. The lowest BCUT2D eigenvalue weighted by Gasteiger charge is -2.22. The molecular weight excluding hydrogens is 270 g/mol. The van der Waals surface area contributed by atoms with Gasteiger partial charge in [-0.2, -0.15) is 0 Å². The first-order chi connectivity index (χ1) is 9.47. The fourth-order valence-electron chi connectivity index (χ4n) is 2.00. The van der Waals surface area contributed by atoms with Crippen molar-refractivity contribution >= 4 is 11.6 Å². The maximum atomic E-state index is 12.4. The second kappa shape index (κ2) is 5.94. The number of hydrogen-bond donors (Lipinski definition) is 0. The van der Waals surface area contributed by atoms with E-state index in [0.717, 1.165) is 12.8 Å². The van der Waals surface area contributed by atoms with Gasteiger partial charge < -0.3 is 4.90 Å². The SMILES string of the molecule is O=C(Cc1ccc([N+](=O)[O-])cc1)N(CC(F)F)C1CC1. The third kappa shape index (κ3) is 3.72. The van der Waals surface area contributed by atoms with Crippen molar-refractivity contribution in [3.05, 3.63) is 39.9 Å². The molecule has 1 aromatic carbocycles. The topological polar surface area (TPSA) is 63.4 Å². The number of rotatable bonds is 6. The standard InChI is InChI=1S/C13H14F2N2O3/c14-12(15)8-16(10-5-6-10)13(18)7-9-1-3-11(4-2-9)17(19)20/h1-4,10,12H,5-8H2. The highest BCUT2D eigenvalue weighted by Gasteiger charge is 2.33. The van der Waals surface area contributed by atoms with Crippen LogP contribution in [0.25, 0.3) is 0 Å². The lowest BCUT2D eigenvalue weighted by atomic mass is 10.1. The van der Waals surface area contributed by atoms with E-state index in [1.165, 1.54) is 29.2 Å². The van der Waals surface area contributed by atoms with Gasteiger partial charge in [-0.15, -0.1) is 0 Å². The molecule has 1 aliphatic carbocycles. The minimum Gasteiger partial charge on any atom is -0.334 e. The van der Waals surface area contributed by atoms with E-state index in [1.807, 2.05) is 0 Å². The second-order valence-corrected chi connectivity index (χ2v) is 4.77. The predicted molar refractivity (Wildman–Crippen MR) is 67.5 cm³/mol. The number of benzene rings is 1. The average Bonchev–Trinajstić information content (AvgIpc) is 3.20. The van der Waals surface area contributed by atoms with Gasteiger partial charge in [0, 0.05) is 18.2 Å². The van der Waals surface area contributed by atoms with E-state index in [-0.39, 0.29) is 24.1 Å². The predicted octanol–water partition coefficient (Wildman–Crippen LogP) is 2.39. The van der Waals surface area contributed by atoms with E-state index in [1.54, 1.807) is 0 Å². The Morgan fingerprint density at radius 2 is 1.95 bits per heavy atom. The quantitative estimate of drug-likeness (QED) is 0.595. The van der Waals surface area contributed by atoms with Crippen LogP contribution in [0.5, 0.6) is 0 Å². The Morgan fingerprint density at radius 1 is 1.35 bits per heavy atom. The van der Waals surface area contributed by atoms with Crippen LogP contribution < -0.4 is 0 Å². The number of carbonyl (C=O) groups is 1. The van der Waals surface area contributed by atoms with E-state index in [2.05, 4.69) is 0 Å². The van der Waals surface area contributed by atoms with E-state index >= 15 is 0 Å². The molecule has 0 aliphatic heterocycles. The van der Waals surface area contributed by atoms with Gasteiger partial charge in [-0.3, -0.25) is 14.9 Å². The highest BCUT2D eigenvalue weighted by Crippen LogP contribution is 2.28. The fraction of sp³-hybridized carbons (Fsp3) is 0.462. The van der Waals surface area contributed by atoms with Crippen molar-refractivity contribution in [2.45, 2.75) is 31.7 Å². The van der Waals surface area contributed by atoms with Crippen molar-refractivity contribution in [2.75, 3.05) is 6.54 Å². The zero-order valence-corrected chi connectivity index (χ0v) is 10.7. The smallest absolute Gasteiger partial charge is 0.269 e. The molecule has 0 saturated heterocycles. The molecule has 5 nitrogen and oxygen atoms in total. The van der Waals surface area contributed by atoms with Gasteiger partial charge in [0.2, 0.25) is 5.91 Å². The van der Waals surface area contributed by atoms with Crippen molar-refractivity contribution in [3.8, 4) is 0 Å². The van der Waals surface area contributed by atoms with Gasteiger partial charge in [-0.05, 0) is 18.4 Å². The number of halogens is 2. The normalized spacial score (nSPS) is 14.3. The summed E-state index contributed by atoms with van der Waals surface area (Å²) in [6.45, 7) is -0.545. The fourth-order valence-corrected chi connectivity index (χ4v) is 2.00. The Morgan fingerprint density at radius 3 is 2.40 bits per heavy atom. The van der Waals surface area contributed by atoms with Gasteiger partial charge in [0.1, 0.15) is 0 Å². The van der Waals surface area contributed by atoms with Crippen LogP contribution in [0, 0.1) is 10.1 Å². The summed E-state index contributed by atoms with van der Waals surface area (Å²) >= 11 is 0. The van der Waals surface area contributed by atoms with E-state index in [4.69, 9.17) is 0 Å². The minimum absolute atomic E-state index is 0.0127. The number of alkyl halides is 2. The van der Waals surface area contributed by atoms with Gasteiger partial charge in [0.15, 0.2) is 0 Å². The monoisotopic (exact) mass is 284 g/mol. The Kier molecular flexibility index (Phi) is 4.26. The number of hydrogen-bond acceptors (Lipinski definition) is 3. The Hall–Kier alpha value is -2.05. The van der Waals surface area contributed by atoms with Gasteiger partial charge in [-0.25, -0.2) is 8.78 Å². The highest BCUT2D eigenvalue weighted by atomic mass is 19.3. The molecule has 20 heavy (non-hydrogen) atoms. The molecule has 0 heterocycles. The zero-order chi connectivity index (χ0) is 14.7. The van der Waals surface area contributed by atoms with Crippen LogP contribution in [0.3, 0.4) is 0 Å². The molecule has 0 spiro atoms. The van der Waals surface area contributed by atoms with Crippen molar-refractivity contribution < 1.29 is 18.5 Å². The van der Waals surface area contributed by atoms with Crippen LogP contribution in [-0.4, -0.2) is 34.7 Å². The Bertz CT molecular complexity index is 501. The zero-order valence-electron chi connectivity index (χ0n) is 10.7. The summed E-state index contributed by atoms with van der Waals surface area (Å²) in [5.41, 5.74) is 0.522. The van der Waals surface area contributed by atoms with Crippen molar-refractivity contribution in [1.29, 1.82) is 0 Å². The second-order valence-electron chi connectivity index (χ2n) is 4.77. The molecule has 1 amide bonds. The molecular formula is C13H14F2N2O3. The molecule has 0 atom stereocenters. The van der Waals surface area contributed by atoms with Crippen LogP contribution >= 0.6 is 0 Å². The van der Waals surface area contributed by atoms with Gasteiger partial charge in [0.25, 0.3) is 12.1 Å². The largest absolute Gasteiger partial charge is 0.334 e. The van der Waals surface area contributed by atoms with Crippen LogP contribution in [-0.2, 0) is 11.2 Å². The van der Waals surface area contributed by atoms with Crippen LogP contribution in [0.4, 0.5) is 14.5 Å². The van der Waals surface area contributed by atoms with E-state index in [0.29, 0.717) is 5.56 Å². The summed E-state index contributed by atoms with van der Waals surface area (Å²) in [5, 5.41) is 10.5. The average molecular weight is 284 g/mol. The van der Waals surface area contributed by atoms with Gasteiger partial charge in [0.05, 0.1) is 17.9 Å². The summed E-state index contributed by atoms with van der Waals surface area (Å²) in [6.07, 6.45) is -1.03. The van der Waals surface area contributed by atoms with E-state index in [9.17, 15) is 23.7 Å². The third-order valence-electron chi connectivity index (χ3n) is 3.15. The molecule has 7 heteroatoms. The van der Waals surface area contributed by atoms with Crippen LogP contribution in [0.2, 0.25) is 0 Å². The number of nitro groups is 1. The molecule has 1 aromatic rings. The lowest BCUT2D eigenvalue weighted by molar-refractivity contribution is -0.384. The summed E-state index contributed by atoms with van der Waals surface area (Å²) in [4.78, 5) is 23.2. The number of carbonyl (C=O) groups excluding carboxylic acids is 1. The Balaban J connectivity index is 2.00. The maximum Gasteiger partial charge on any atom is 0.269 e. The van der Waals surface area contributed by atoms with Gasteiger partial charge in [-0.1, -0.05) is 12.1 Å². The van der Waals surface area contributed by atoms with Crippen molar-refractivity contribution in [2.24, 2.45) is 0 Å². The first-order valence-corrected chi connectivity index (χ1v) is 6.28. The molecule has 0 unspecified atom stereocenters. The lowest BCUT2D eigenvalue weighted by Crippen LogP contribution is -2.37. The number of amides is 1. The van der Waals surface area contributed by atoms with Crippen molar-refractivity contribution in [1.82, 2.24) is 4.90 Å². The molecule has 0 radical (unpaired) electrons. The molecule has 2 rings (SSSR count). The number of nitrogens with zero attached hydrogens (tertiary/aromatic N) is 2. The summed E-state index contributed by atoms with van der Waals surface area (Å²) in [7, 11) is 0. The number of nitro benzene ring substituents is 1. The summed E-state index contributed by atoms with van der Waals surface area (Å²) in [5.74, 6) is -0.360. The maximum absolute atomic E-state index is 12.4. The molecule has 0 N–H and O–H groups in total. The van der Waals surface area contributed by atoms with Crippen LogP contribution in [0.15, 0.2) is 24.3 Å². The van der Waals surface area contributed by atoms with Crippen LogP contribution in [0.1, 0.15) is 18.4 Å². The Labute approximate surface area is 114 Å². The first kappa shape index (κ1) is 14.4.